The Labute approximate surface area is 203 Å². The van der Waals surface area contributed by atoms with Gasteiger partial charge in [-0.05, 0) is 41.1 Å². The Morgan fingerprint density at radius 3 is 2.21 bits per heavy atom. The van der Waals surface area contributed by atoms with E-state index in [4.69, 9.17) is 0 Å². The fourth-order valence-corrected chi connectivity index (χ4v) is 5.44. The molecule has 1 aromatic carbocycles. The summed E-state index contributed by atoms with van der Waals surface area (Å²) in [6.45, 7) is 2.40. The number of anilines is 2. The van der Waals surface area contributed by atoms with E-state index in [2.05, 4.69) is 4.98 Å². The second-order valence-corrected chi connectivity index (χ2v) is 9.95. The van der Waals surface area contributed by atoms with Crippen molar-refractivity contribution in [3.63, 3.8) is 0 Å². The number of halogens is 1. The molecule has 0 spiro atoms. The molecular weight excluding hydrogens is 477 g/mol. The van der Waals surface area contributed by atoms with Crippen molar-refractivity contribution in [2.75, 3.05) is 4.90 Å². The van der Waals surface area contributed by atoms with Gasteiger partial charge in [0.25, 0.3) is 0 Å². The number of hydrogen-bond acceptors (Lipinski definition) is 6. The molecule has 0 fully saturated rings. The smallest absolute Gasteiger partial charge is 0.247 e. The summed E-state index contributed by atoms with van der Waals surface area (Å²) in [6, 6.07) is 14.0. The molecule has 0 N–H and O–H groups in total. The van der Waals surface area contributed by atoms with Crippen LogP contribution >= 0.6 is 34.0 Å². The average Bonchev–Trinajstić information content (AvgIpc) is 3.57. The number of thiazole rings is 1. The van der Waals surface area contributed by atoms with Crippen molar-refractivity contribution in [3.8, 4) is 0 Å². The van der Waals surface area contributed by atoms with Gasteiger partial charge >= 0.3 is 0 Å². The van der Waals surface area contributed by atoms with Crippen LogP contribution in [-0.2, 0) is 22.7 Å². The molecule has 4 rings (SSSR count). The molecule has 33 heavy (non-hydrogen) atoms. The summed E-state index contributed by atoms with van der Waals surface area (Å²) >= 11 is 4.43. The molecule has 4 aromatic rings. The van der Waals surface area contributed by atoms with Gasteiger partial charge in [-0.25, -0.2) is 9.37 Å². The van der Waals surface area contributed by atoms with Crippen molar-refractivity contribution in [1.82, 2.24) is 9.88 Å². The van der Waals surface area contributed by atoms with Gasteiger partial charge in [-0.1, -0.05) is 24.3 Å². The minimum Gasteiger partial charge on any atom is -0.329 e. The molecule has 168 valence electrons. The lowest BCUT2D eigenvalue weighted by atomic mass is 10.3. The van der Waals surface area contributed by atoms with Gasteiger partial charge < -0.3 is 4.90 Å². The van der Waals surface area contributed by atoms with E-state index in [1.165, 1.54) is 41.4 Å². The SMILES string of the molecule is CC(=O)N(c1nc(/C=C/C(=O)N(Cc2cccs2)Cc2cccs2)cs1)c1ccccc1F. The number of nitrogens with zero attached hydrogens (tertiary/aromatic N) is 3. The Hall–Kier alpha value is -3.14. The van der Waals surface area contributed by atoms with Gasteiger partial charge in [-0.2, -0.15) is 0 Å². The van der Waals surface area contributed by atoms with Crippen LogP contribution in [0, 0.1) is 5.82 Å². The summed E-state index contributed by atoms with van der Waals surface area (Å²) in [5.74, 6) is -0.990. The number of aromatic nitrogens is 1. The van der Waals surface area contributed by atoms with E-state index >= 15 is 0 Å². The lowest BCUT2D eigenvalue weighted by Gasteiger charge is -2.19. The van der Waals surface area contributed by atoms with Gasteiger partial charge in [0.1, 0.15) is 5.82 Å². The van der Waals surface area contributed by atoms with Gasteiger partial charge in [0, 0.05) is 28.1 Å². The molecule has 9 heteroatoms. The maximum Gasteiger partial charge on any atom is 0.247 e. The molecule has 0 radical (unpaired) electrons. The predicted molar refractivity (Wildman–Crippen MR) is 133 cm³/mol. The molecule has 0 saturated heterocycles. The molecule has 3 heterocycles. The highest BCUT2D eigenvalue weighted by atomic mass is 32.1. The minimum atomic E-state index is -0.507. The zero-order valence-electron chi connectivity index (χ0n) is 17.7. The van der Waals surface area contributed by atoms with E-state index in [1.54, 1.807) is 51.2 Å². The van der Waals surface area contributed by atoms with Gasteiger partial charge in [0.2, 0.25) is 11.8 Å². The molecule has 0 aliphatic heterocycles. The first-order chi connectivity index (χ1) is 16.0. The van der Waals surface area contributed by atoms with Crippen LogP contribution in [0.25, 0.3) is 6.08 Å². The topological polar surface area (TPSA) is 53.5 Å². The quantitative estimate of drug-likeness (QED) is 0.267. The van der Waals surface area contributed by atoms with Crippen molar-refractivity contribution >= 4 is 62.7 Å². The zero-order chi connectivity index (χ0) is 23.2. The minimum absolute atomic E-state index is 0.135. The lowest BCUT2D eigenvalue weighted by molar-refractivity contribution is -0.127. The molecule has 0 bridgehead atoms. The Morgan fingerprint density at radius 2 is 1.64 bits per heavy atom. The third kappa shape index (κ3) is 5.81. The normalized spacial score (nSPS) is 11.1. The van der Waals surface area contributed by atoms with Crippen molar-refractivity contribution in [2.24, 2.45) is 0 Å². The Bertz CT molecular complexity index is 1210. The highest BCUT2D eigenvalue weighted by Gasteiger charge is 2.20. The lowest BCUT2D eigenvalue weighted by Crippen LogP contribution is -2.27. The number of carbonyl (C=O) groups is 2. The van der Waals surface area contributed by atoms with Crippen LogP contribution in [0.4, 0.5) is 15.2 Å². The van der Waals surface area contributed by atoms with E-state index in [0.717, 1.165) is 9.75 Å². The number of rotatable bonds is 8. The summed E-state index contributed by atoms with van der Waals surface area (Å²) < 4.78 is 14.3. The van der Waals surface area contributed by atoms with Crippen molar-refractivity contribution < 1.29 is 14.0 Å². The number of hydrogen-bond donors (Lipinski definition) is 0. The summed E-state index contributed by atoms with van der Waals surface area (Å²) in [6.07, 6.45) is 3.11. The van der Waals surface area contributed by atoms with Crippen LogP contribution in [-0.4, -0.2) is 21.7 Å². The zero-order valence-corrected chi connectivity index (χ0v) is 20.1. The van der Waals surface area contributed by atoms with Gasteiger partial charge in [-0.15, -0.1) is 34.0 Å². The summed E-state index contributed by atoms with van der Waals surface area (Å²) in [5, 5.41) is 6.06. The standard InChI is InChI=1S/C24H20FN3O2S3/c1-17(29)28(22-9-3-2-8-21(22)25)24-26-18(16-33-24)10-11-23(30)27(14-19-6-4-12-31-19)15-20-7-5-13-32-20/h2-13,16H,14-15H2,1H3/b11-10+. The van der Waals surface area contributed by atoms with Gasteiger partial charge in [-0.3, -0.25) is 14.5 Å². The fraction of sp³-hybridized carbons (Fsp3) is 0.125. The number of thiophene rings is 2. The van der Waals surface area contributed by atoms with E-state index in [-0.39, 0.29) is 17.5 Å². The molecule has 0 aliphatic rings. The van der Waals surface area contributed by atoms with Crippen LogP contribution in [0.15, 0.2) is 70.7 Å². The van der Waals surface area contributed by atoms with Crippen LogP contribution in [0.3, 0.4) is 0 Å². The van der Waals surface area contributed by atoms with E-state index in [9.17, 15) is 14.0 Å². The molecule has 0 saturated carbocycles. The first-order valence-corrected chi connectivity index (χ1v) is 12.7. The molecule has 3 aromatic heterocycles. The van der Waals surface area contributed by atoms with Crippen LogP contribution in [0.5, 0.6) is 0 Å². The van der Waals surface area contributed by atoms with Crippen molar-refractivity contribution in [1.29, 1.82) is 0 Å². The molecule has 0 atom stereocenters. The molecule has 2 amide bonds. The van der Waals surface area contributed by atoms with Crippen LogP contribution in [0.1, 0.15) is 22.4 Å². The molecule has 5 nitrogen and oxygen atoms in total. The third-order valence-electron chi connectivity index (χ3n) is 4.67. The molecule has 0 aliphatic carbocycles. The maximum atomic E-state index is 14.3. The van der Waals surface area contributed by atoms with Gasteiger partial charge in [0.05, 0.1) is 24.5 Å². The summed E-state index contributed by atoms with van der Waals surface area (Å²) in [7, 11) is 0. The summed E-state index contributed by atoms with van der Waals surface area (Å²) in [4.78, 5) is 34.9. The number of para-hydroxylation sites is 1. The van der Waals surface area contributed by atoms with Crippen LogP contribution < -0.4 is 4.90 Å². The fourth-order valence-electron chi connectivity index (χ4n) is 3.15. The molecule has 0 unspecified atom stereocenters. The highest BCUT2D eigenvalue weighted by molar-refractivity contribution is 7.14. The van der Waals surface area contributed by atoms with E-state index in [0.29, 0.717) is 23.9 Å². The highest BCUT2D eigenvalue weighted by Crippen LogP contribution is 2.31. The van der Waals surface area contributed by atoms with Gasteiger partial charge in [0.15, 0.2) is 5.13 Å². The first-order valence-electron chi connectivity index (χ1n) is 10.0. The first kappa shape index (κ1) is 23.0. The second kappa shape index (κ2) is 10.7. The van der Waals surface area contributed by atoms with E-state index < -0.39 is 5.82 Å². The Balaban J connectivity index is 1.52. The second-order valence-electron chi connectivity index (χ2n) is 7.05. The Morgan fingerprint density at radius 1 is 0.970 bits per heavy atom. The molecular formula is C24H20FN3O2S3. The average molecular weight is 498 g/mol. The number of carbonyl (C=O) groups excluding carboxylic acids is 2. The largest absolute Gasteiger partial charge is 0.329 e. The monoisotopic (exact) mass is 497 g/mol. The third-order valence-corrected chi connectivity index (χ3v) is 7.24. The maximum absolute atomic E-state index is 14.3. The number of amides is 2. The van der Waals surface area contributed by atoms with Crippen LogP contribution in [0.2, 0.25) is 0 Å². The van der Waals surface area contributed by atoms with Crippen molar-refractivity contribution in [3.05, 3.63) is 92.0 Å². The number of benzene rings is 1. The summed E-state index contributed by atoms with van der Waals surface area (Å²) in [5.41, 5.74) is 0.669. The Kier molecular flexibility index (Phi) is 7.43. The van der Waals surface area contributed by atoms with E-state index in [1.807, 2.05) is 35.0 Å². The predicted octanol–water partition coefficient (Wildman–Crippen LogP) is 6.33. The van der Waals surface area contributed by atoms with Crippen molar-refractivity contribution in [2.45, 2.75) is 20.0 Å².